The Morgan fingerprint density at radius 1 is 0.957 bits per heavy atom. The van der Waals surface area contributed by atoms with E-state index in [1.165, 1.54) is 64.2 Å². The summed E-state index contributed by atoms with van der Waals surface area (Å²) in [6, 6.07) is 0.000894. The normalized spacial score (nSPS) is 12.3. The molecule has 138 valence electrons. The highest BCUT2D eigenvalue weighted by atomic mass is 32.2. The first kappa shape index (κ1) is 22.8. The first-order valence-electron chi connectivity index (χ1n) is 9.75. The van der Waals surface area contributed by atoms with Gasteiger partial charge in [-0.05, 0) is 31.8 Å². The SMILES string of the molecule is CCCCCCCCCCCC[NH2+]C(CCSC)C(=O)OCC. The highest BCUT2D eigenvalue weighted by Crippen LogP contribution is 2.10. The second kappa shape index (κ2) is 18.1. The second-order valence-electron chi connectivity index (χ2n) is 6.35. The van der Waals surface area contributed by atoms with Crippen molar-refractivity contribution >= 4 is 17.7 Å². The molecule has 0 saturated heterocycles. The van der Waals surface area contributed by atoms with Crippen molar-refractivity contribution in [2.24, 2.45) is 0 Å². The molecule has 0 aromatic heterocycles. The van der Waals surface area contributed by atoms with Gasteiger partial charge in [0.15, 0.2) is 6.04 Å². The van der Waals surface area contributed by atoms with Crippen LogP contribution in [0.3, 0.4) is 0 Å². The van der Waals surface area contributed by atoms with Crippen molar-refractivity contribution in [1.29, 1.82) is 0 Å². The fourth-order valence-electron chi connectivity index (χ4n) is 2.78. The van der Waals surface area contributed by atoms with Crippen LogP contribution >= 0.6 is 11.8 Å². The molecule has 23 heavy (non-hydrogen) atoms. The molecule has 3 nitrogen and oxygen atoms in total. The molecular formula is C19H40NO2S+. The lowest BCUT2D eigenvalue weighted by atomic mass is 10.1. The van der Waals surface area contributed by atoms with Crippen LogP contribution in [0.5, 0.6) is 0 Å². The number of carbonyl (C=O) groups is 1. The third kappa shape index (κ3) is 15.1. The van der Waals surface area contributed by atoms with Crippen molar-refractivity contribution in [2.45, 2.75) is 90.5 Å². The lowest BCUT2D eigenvalue weighted by molar-refractivity contribution is -0.678. The molecule has 0 aliphatic heterocycles. The number of hydrogen-bond donors (Lipinski definition) is 1. The zero-order valence-electron chi connectivity index (χ0n) is 15.8. The molecule has 2 N–H and O–H groups in total. The lowest BCUT2D eigenvalue weighted by Gasteiger charge is -2.13. The van der Waals surface area contributed by atoms with Gasteiger partial charge >= 0.3 is 5.97 Å². The zero-order valence-corrected chi connectivity index (χ0v) is 16.6. The van der Waals surface area contributed by atoms with Gasteiger partial charge in [0.05, 0.1) is 13.2 Å². The summed E-state index contributed by atoms with van der Waals surface area (Å²) in [5, 5.41) is 2.19. The molecule has 0 radical (unpaired) electrons. The molecule has 0 heterocycles. The Bertz CT molecular complexity index is 262. The zero-order chi connectivity index (χ0) is 17.2. The molecule has 0 amide bonds. The predicted octanol–water partition coefficient (Wildman–Crippen LogP) is 4.16. The van der Waals surface area contributed by atoms with Crippen LogP contribution in [-0.4, -0.2) is 37.2 Å². The van der Waals surface area contributed by atoms with Gasteiger partial charge in [-0.2, -0.15) is 11.8 Å². The summed E-state index contributed by atoms with van der Waals surface area (Å²) in [4.78, 5) is 11.9. The van der Waals surface area contributed by atoms with Crippen molar-refractivity contribution in [3.05, 3.63) is 0 Å². The smallest absolute Gasteiger partial charge is 0.364 e. The summed E-state index contributed by atoms with van der Waals surface area (Å²) in [5.74, 6) is 0.992. The summed E-state index contributed by atoms with van der Waals surface area (Å²) >= 11 is 1.80. The van der Waals surface area contributed by atoms with Crippen LogP contribution in [0.15, 0.2) is 0 Å². The van der Waals surface area contributed by atoms with Crippen molar-refractivity contribution in [1.82, 2.24) is 0 Å². The van der Waals surface area contributed by atoms with Crippen molar-refractivity contribution in [3.63, 3.8) is 0 Å². The van der Waals surface area contributed by atoms with Gasteiger partial charge in [-0.15, -0.1) is 0 Å². The maximum absolute atomic E-state index is 11.9. The van der Waals surface area contributed by atoms with Gasteiger partial charge in [-0.25, -0.2) is 4.79 Å². The Balaban J connectivity index is 3.52. The van der Waals surface area contributed by atoms with Crippen LogP contribution in [0, 0.1) is 0 Å². The Morgan fingerprint density at radius 2 is 1.52 bits per heavy atom. The quantitative estimate of drug-likeness (QED) is 0.318. The molecule has 0 spiro atoms. The van der Waals surface area contributed by atoms with Crippen molar-refractivity contribution in [3.8, 4) is 0 Å². The average molecular weight is 347 g/mol. The van der Waals surface area contributed by atoms with Crippen LogP contribution in [0.25, 0.3) is 0 Å². The van der Waals surface area contributed by atoms with Gasteiger partial charge in [0.25, 0.3) is 0 Å². The number of esters is 1. The first-order chi connectivity index (χ1) is 11.3. The van der Waals surface area contributed by atoms with Crippen LogP contribution in [-0.2, 0) is 9.53 Å². The van der Waals surface area contributed by atoms with Crippen molar-refractivity contribution in [2.75, 3.05) is 25.2 Å². The van der Waals surface area contributed by atoms with E-state index in [9.17, 15) is 4.79 Å². The Hall–Kier alpha value is -0.220. The Morgan fingerprint density at radius 3 is 2.04 bits per heavy atom. The third-order valence-electron chi connectivity index (χ3n) is 4.23. The minimum atomic E-state index is -0.0337. The van der Waals surface area contributed by atoms with Crippen molar-refractivity contribution < 1.29 is 14.8 Å². The third-order valence-corrected chi connectivity index (χ3v) is 4.88. The molecule has 0 saturated carbocycles. The number of quaternary nitrogens is 1. The van der Waals surface area contributed by atoms with Crippen LogP contribution in [0.1, 0.15) is 84.5 Å². The van der Waals surface area contributed by atoms with E-state index in [2.05, 4.69) is 18.5 Å². The number of carbonyl (C=O) groups excluding carboxylic acids is 1. The maximum Gasteiger partial charge on any atom is 0.364 e. The van der Waals surface area contributed by atoms with Crippen LogP contribution in [0.4, 0.5) is 0 Å². The summed E-state index contributed by atoms with van der Waals surface area (Å²) < 4.78 is 5.17. The molecule has 4 heteroatoms. The number of ether oxygens (including phenoxy) is 1. The molecule has 0 aromatic carbocycles. The number of hydrogen-bond acceptors (Lipinski definition) is 3. The Labute approximate surface area is 148 Å². The van der Waals surface area contributed by atoms with E-state index in [1.807, 2.05) is 6.92 Å². The molecule has 0 fully saturated rings. The first-order valence-corrected chi connectivity index (χ1v) is 11.1. The largest absolute Gasteiger partial charge is 0.462 e. The number of unbranched alkanes of at least 4 members (excludes halogenated alkanes) is 9. The molecule has 1 unspecified atom stereocenters. The highest BCUT2D eigenvalue weighted by molar-refractivity contribution is 7.98. The average Bonchev–Trinajstić information content (AvgIpc) is 2.55. The molecule has 0 aliphatic rings. The molecule has 0 bridgehead atoms. The van der Waals surface area contributed by atoms with E-state index in [0.717, 1.165) is 18.7 Å². The summed E-state index contributed by atoms with van der Waals surface area (Å²) in [5.41, 5.74) is 0. The Kier molecular flexibility index (Phi) is 18.0. The van der Waals surface area contributed by atoms with E-state index in [-0.39, 0.29) is 12.0 Å². The van der Waals surface area contributed by atoms with E-state index >= 15 is 0 Å². The highest BCUT2D eigenvalue weighted by Gasteiger charge is 2.22. The maximum atomic E-state index is 11.9. The van der Waals surface area contributed by atoms with Gasteiger partial charge in [-0.1, -0.05) is 58.3 Å². The van der Waals surface area contributed by atoms with E-state index in [1.54, 1.807) is 11.8 Å². The van der Waals surface area contributed by atoms with Crippen LogP contribution < -0.4 is 5.32 Å². The van der Waals surface area contributed by atoms with Gasteiger partial charge in [-0.3, -0.25) is 0 Å². The second-order valence-corrected chi connectivity index (χ2v) is 7.33. The number of rotatable bonds is 17. The molecular weight excluding hydrogens is 306 g/mol. The van der Waals surface area contributed by atoms with Gasteiger partial charge < -0.3 is 10.1 Å². The number of thioether (sulfide) groups is 1. The monoisotopic (exact) mass is 346 g/mol. The summed E-state index contributed by atoms with van der Waals surface area (Å²) in [6.45, 7) is 5.69. The van der Waals surface area contributed by atoms with Gasteiger partial charge in [0, 0.05) is 6.42 Å². The fraction of sp³-hybridized carbons (Fsp3) is 0.947. The standard InChI is InChI=1S/C19H39NO2S/c1-4-6-7-8-9-10-11-12-13-14-16-20-18(15-17-23-3)19(21)22-5-2/h18,20H,4-17H2,1-3H3/p+1. The summed E-state index contributed by atoms with van der Waals surface area (Å²) in [7, 11) is 0. The van der Waals surface area contributed by atoms with Gasteiger partial charge in [0.1, 0.15) is 0 Å². The fourth-order valence-corrected chi connectivity index (χ4v) is 3.27. The minimum absolute atomic E-state index is 0.000894. The minimum Gasteiger partial charge on any atom is -0.462 e. The summed E-state index contributed by atoms with van der Waals surface area (Å²) in [6.07, 6.45) is 16.6. The van der Waals surface area contributed by atoms with E-state index in [4.69, 9.17) is 4.74 Å². The molecule has 0 rings (SSSR count). The van der Waals surface area contributed by atoms with Gasteiger partial charge in [0.2, 0.25) is 0 Å². The van der Waals surface area contributed by atoms with Crippen LogP contribution in [0.2, 0.25) is 0 Å². The topological polar surface area (TPSA) is 42.9 Å². The molecule has 0 aromatic rings. The number of nitrogens with two attached hydrogens (primary N) is 1. The van der Waals surface area contributed by atoms with E-state index < -0.39 is 0 Å². The molecule has 0 aliphatic carbocycles. The molecule has 1 atom stereocenters. The predicted molar refractivity (Wildman–Crippen MR) is 102 cm³/mol. The van der Waals surface area contributed by atoms with E-state index in [0.29, 0.717) is 6.61 Å². The lowest BCUT2D eigenvalue weighted by Crippen LogP contribution is -2.92.